The van der Waals surface area contributed by atoms with Crippen molar-refractivity contribution in [3.8, 4) is 0 Å². The number of aromatic nitrogens is 2. The molecule has 0 aromatic carbocycles. The molecule has 3 nitrogen and oxygen atoms in total. The molecule has 0 aliphatic rings. The average molecular weight is 196 g/mol. The van der Waals surface area contributed by atoms with Gasteiger partial charge in [0.05, 0.1) is 6.10 Å². The maximum atomic E-state index is 9.95. The van der Waals surface area contributed by atoms with E-state index in [1.807, 2.05) is 17.8 Å². The van der Waals surface area contributed by atoms with Gasteiger partial charge >= 0.3 is 0 Å². The molecule has 0 fully saturated rings. The number of aliphatic hydroxyl groups excluding tert-OH is 1. The molecule has 1 N–H and O–H groups in total. The molecule has 0 saturated carbocycles. The largest absolute Gasteiger partial charge is 0.392 e. The van der Waals surface area contributed by atoms with E-state index in [1.54, 1.807) is 6.20 Å². The SMILES string of the molecule is CCC(CC)C(O)Cc1nccn1C. The van der Waals surface area contributed by atoms with E-state index in [0.29, 0.717) is 12.3 Å². The van der Waals surface area contributed by atoms with E-state index in [1.165, 1.54) is 0 Å². The lowest BCUT2D eigenvalue weighted by Gasteiger charge is -2.19. The Balaban J connectivity index is 2.56. The van der Waals surface area contributed by atoms with E-state index in [0.717, 1.165) is 18.7 Å². The first-order valence-electron chi connectivity index (χ1n) is 5.33. The van der Waals surface area contributed by atoms with Gasteiger partial charge in [0.25, 0.3) is 0 Å². The van der Waals surface area contributed by atoms with Crippen molar-refractivity contribution in [3.63, 3.8) is 0 Å². The van der Waals surface area contributed by atoms with Crippen molar-refractivity contribution in [1.82, 2.24) is 9.55 Å². The summed E-state index contributed by atoms with van der Waals surface area (Å²) in [6, 6.07) is 0. The van der Waals surface area contributed by atoms with Crippen molar-refractivity contribution in [1.29, 1.82) is 0 Å². The minimum absolute atomic E-state index is 0.258. The molecule has 1 rings (SSSR count). The lowest BCUT2D eigenvalue weighted by Crippen LogP contribution is -2.23. The van der Waals surface area contributed by atoms with Gasteiger partial charge in [-0.3, -0.25) is 0 Å². The number of imidazole rings is 1. The van der Waals surface area contributed by atoms with Crippen molar-refractivity contribution in [2.45, 2.75) is 39.2 Å². The van der Waals surface area contributed by atoms with Crippen LogP contribution in [0.4, 0.5) is 0 Å². The van der Waals surface area contributed by atoms with Gasteiger partial charge in [0, 0.05) is 25.9 Å². The standard InChI is InChI=1S/C11H20N2O/c1-4-9(5-2)10(14)8-11-12-6-7-13(11)3/h6-7,9-10,14H,4-5,8H2,1-3H3. The van der Waals surface area contributed by atoms with Crippen LogP contribution in [-0.2, 0) is 13.5 Å². The third-order valence-corrected chi connectivity index (χ3v) is 2.91. The summed E-state index contributed by atoms with van der Waals surface area (Å²) in [7, 11) is 1.96. The molecule has 0 saturated heterocycles. The number of aryl methyl sites for hydroxylation is 1. The number of hydrogen-bond donors (Lipinski definition) is 1. The van der Waals surface area contributed by atoms with E-state index in [2.05, 4.69) is 18.8 Å². The van der Waals surface area contributed by atoms with Crippen LogP contribution in [0.2, 0.25) is 0 Å². The van der Waals surface area contributed by atoms with Crippen molar-refractivity contribution in [2.24, 2.45) is 13.0 Å². The third kappa shape index (κ3) is 2.58. The summed E-state index contributed by atoms with van der Waals surface area (Å²) < 4.78 is 1.96. The first kappa shape index (κ1) is 11.2. The minimum Gasteiger partial charge on any atom is -0.392 e. The summed E-state index contributed by atoms with van der Waals surface area (Å²) in [4.78, 5) is 4.21. The van der Waals surface area contributed by atoms with Crippen LogP contribution in [0.1, 0.15) is 32.5 Å². The fraction of sp³-hybridized carbons (Fsp3) is 0.727. The van der Waals surface area contributed by atoms with Crippen molar-refractivity contribution in [3.05, 3.63) is 18.2 Å². The van der Waals surface area contributed by atoms with Crippen LogP contribution in [-0.4, -0.2) is 20.8 Å². The smallest absolute Gasteiger partial charge is 0.110 e. The fourth-order valence-electron chi connectivity index (χ4n) is 1.78. The van der Waals surface area contributed by atoms with Gasteiger partial charge in [-0.05, 0) is 5.92 Å². The predicted molar refractivity (Wildman–Crippen MR) is 57.0 cm³/mol. The van der Waals surface area contributed by atoms with Crippen LogP contribution in [0, 0.1) is 5.92 Å². The van der Waals surface area contributed by atoms with E-state index in [-0.39, 0.29) is 6.10 Å². The zero-order valence-corrected chi connectivity index (χ0v) is 9.27. The lowest BCUT2D eigenvalue weighted by atomic mass is 9.94. The summed E-state index contributed by atoms with van der Waals surface area (Å²) in [6.45, 7) is 4.24. The Morgan fingerprint density at radius 3 is 2.50 bits per heavy atom. The molecule has 0 bridgehead atoms. The molecular weight excluding hydrogens is 176 g/mol. The zero-order valence-electron chi connectivity index (χ0n) is 9.27. The highest BCUT2D eigenvalue weighted by atomic mass is 16.3. The third-order valence-electron chi connectivity index (χ3n) is 2.91. The molecule has 0 amide bonds. The number of aliphatic hydroxyl groups is 1. The molecule has 0 radical (unpaired) electrons. The summed E-state index contributed by atoms with van der Waals surface area (Å²) in [5, 5.41) is 9.95. The number of hydrogen-bond acceptors (Lipinski definition) is 2. The van der Waals surface area contributed by atoms with Crippen LogP contribution < -0.4 is 0 Å². The zero-order chi connectivity index (χ0) is 10.6. The molecule has 80 valence electrons. The summed E-state index contributed by atoms with van der Waals surface area (Å²) in [6.07, 6.45) is 6.15. The van der Waals surface area contributed by atoms with Gasteiger partial charge in [-0.1, -0.05) is 26.7 Å². The van der Waals surface area contributed by atoms with E-state index < -0.39 is 0 Å². The summed E-state index contributed by atoms with van der Waals surface area (Å²) in [5.74, 6) is 1.36. The molecule has 0 aliphatic carbocycles. The van der Waals surface area contributed by atoms with Gasteiger partial charge in [-0.25, -0.2) is 4.98 Å². The van der Waals surface area contributed by atoms with E-state index >= 15 is 0 Å². The second kappa shape index (κ2) is 5.15. The molecule has 0 spiro atoms. The number of rotatable bonds is 5. The molecule has 3 heteroatoms. The van der Waals surface area contributed by atoms with Gasteiger partial charge in [0.1, 0.15) is 5.82 Å². The average Bonchev–Trinajstić information content (AvgIpc) is 2.54. The lowest BCUT2D eigenvalue weighted by molar-refractivity contribution is 0.100. The van der Waals surface area contributed by atoms with Gasteiger partial charge in [-0.2, -0.15) is 0 Å². The highest BCUT2D eigenvalue weighted by Gasteiger charge is 2.17. The Labute approximate surface area is 85.8 Å². The van der Waals surface area contributed by atoms with E-state index in [4.69, 9.17) is 0 Å². The Bertz CT molecular complexity index is 266. The maximum Gasteiger partial charge on any atom is 0.110 e. The van der Waals surface area contributed by atoms with Gasteiger partial charge in [-0.15, -0.1) is 0 Å². The van der Waals surface area contributed by atoms with Crippen LogP contribution >= 0.6 is 0 Å². The quantitative estimate of drug-likeness (QED) is 0.779. The topological polar surface area (TPSA) is 38.1 Å². The van der Waals surface area contributed by atoms with Gasteiger partial charge < -0.3 is 9.67 Å². The molecule has 0 aliphatic heterocycles. The predicted octanol–water partition coefficient (Wildman–Crippen LogP) is 1.76. The van der Waals surface area contributed by atoms with Crippen molar-refractivity contribution in [2.75, 3.05) is 0 Å². The van der Waals surface area contributed by atoms with Crippen LogP contribution in [0.15, 0.2) is 12.4 Å². The molecule has 1 atom stereocenters. The first-order chi connectivity index (χ1) is 6.69. The van der Waals surface area contributed by atoms with E-state index in [9.17, 15) is 5.11 Å². The van der Waals surface area contributed by atoms with Gasteiger partial charge in [0.2, 0.25) is 0 Å². The summed E-state index contributed by atoms with van der Waals surface area (Å²) in [5.41, 5.74) is 0. The Kier molecular flexibility index (Phi) is 4.14. The van der Waals surface area contributed by atoms with Gasteiger partial charge in [0.15, 0.2) is 0 Å². The fourth-order valence-corrected chi connectivity index (χ4v) is 1.78. The highest BCUT2D eigenvalue weighted by molar-refractivity contribution is 4.93. The molecule has 1 unspecified atom stereocenters. The molecule has 1 aromatic rings. The maximum absolute atomic E-state index is 9.95. The summed E-state index contributed by atoms with van der Waals surface area (Å²) >= 11 is 0. The second-order valence-corrected chi connectivity index (χ2v) is 3.80. The highest BCUT2D eigenvalue weighted by Crippen LogP contribution is 2.16. The monoisotopic (exact) mass is 196 g/mol. The van der Waals surface area contributed by atoms with Crippen LogP contribution in [0.5, 0.6) is 0 Å². The van der Waals surface area contributed by atoms with Crippen LogP contribution in [0.25, 0.3) is 0 Å². The molecule has 1 aromatic heterocycles. The van der Waals surface area contributed by atoms with Crippen LogP contribution in [0.3, 0.4) is 0 Å². The molecular formula is C11H20N2O. The first-order valence-corrected chi connectivity index (χ1v) is 5.33. The van der Waals surface area contributed by atoms with Crippen molar-refractivity contribution < 1.29 is 5.11 Å². The molecule has 1 heterocycles. The van der Waals surface area contributed by atoms with Crippen molar-refractivity contribution >= 4 is 0 Å². The normalized spacial score (nSPS) is 13.5. The Morgan fingerprint density at radius 2 is 2.07 bits per heavy atom. The molecule has 14 heavy (non-hydrogen) atoms. The number of nitrogens with zero attached hydrogens (tertiary/aromatic N) is 2. The Hall–Kier alpha value is -0.830. The Morgan fingerprint density at radius 1 is 1.43 bits per heavy atom. The minimum atomic E-state index is -0.258. The second-order valence-electron chi connectivity index (χ2n) is 3.80.